The molecule has 10 aromatic carbocycles. The van der Waals surface area contributed by atoms with Crippen LogP contribution in [0, 0.1) is 27.7 Å². The minimum absolute atomic E-state index is 0.845. The van der Waals surface area contributed by atoms with Gasteiger partial charge < -0.3 is 9.05 Å². The summed E-state index contributed by atoms with van der Waals surface area (Å²) in [7, 11) is -2.05. The second kappa shape index (κ2) is 15.2. The van der Waals surface area contributed by atoms with Gasteiger partial charge in [-0.2, -0.15) is 0 Å². The molecule has 0 radical (unpaired) electrons. The second-order valence-corrected chi connectivity index (χ2v) is 21.0. The molecule has 2 heterocycles. The molecule has 63 heavy (non-hydrogen) atoms. The van der Waals surface area contributed by atoms with Crippen molar-refractivity contribution in [1.82, 2.24) is 0 Å². The van der Waals surface area contributed by atoms with E-state index in [0.717, 1.165) is 52.2 Å². The van der Waals surface area contributed by atoms with E-state index in [0.29, 0.717) is 0 Å². The quantitative estimate of drug-likeness (QED) is 0.161. The Labute approximate surface area is 371 Å². The summed E-state index contributed by atoms with van der Waals surface area (Å²) >= 11 is 0. The highest BCUT2D eigenvalue weighted by Crippen LogP contribution is 2.58. The lowest BCUT2D eigenvalue weighted by molar-refractivity contribution is 0.600. The summed E-state index contributed by atoms with van der Waals surface area (Å²) < 4.78 is 15.3. The Balaban J connectivity index is 0.995. The van der Waals surface area contributed by atoms with Crippen LogP contribution in [0.2, 0.25) is 0 Å². The topological polar surface area (TPSA) is 18.5 Å². The first-order chi connectivity index (χ1) is 30.9. The van der Waals surface area contributed by atoms with Crippen LogP contribution >= 0.6 is 16.3 Å². The molecule has 4 heteroatoms. The maximum absolute atomic E-state index is 7.65. The number of aryl methyl sites for hydroxylation is 4. The molecule has 0 spiro atoms. The average Bonchev–Trinajstić information content (AvgIpc) is 3.48. The molecule has 0 N–H and O–H groups in total. The fourth-order valence-corrected chi connectivity index (χ4v) is 14.6. The van der Waals surface area contributed by atoms with Gasteiger partial charge in [0.15, 0.2) is 0 Å². The smallest absolute Gasteiger partial charge is 0.134 e. The highest BCUT2D eigenvalue weighted by atomic mass is 31.1. The SMILES string of the molecule is Cc1ccc(C)c(-c2c(C)ccc(C)c2OP2Cc3ccc4ccccc4c3-c3c2ccc2ccccc32)c1OP1Cc2ccc3ccccc3c2-c2c(ccc3ccccc23)C1. The first kappa shape index (κ1) is 38.4. The molecule has 2 nitrogen and oxygen atoms in total. The Morgan fingerprint density at radius 1 is 0.317 bits per heavy atom. The lowest BCUT2D eigenvalue weighted by atomic mass is 9.88. The van der Waals surface area contributed by atoms with Crippen LogP contribution < -0.4 is 14.4 Å². The Kier molecular flexibility index (Phi) is 9.26. The van der Waals surface area contributed by atoms with Crippen molar-refractivity contribution < 1.29 is 9.05 Å². The zero-order valence-electron chi connectivity index (χ0n) is 36.0. The predicted octanol–water partition coefficient (Wildman–Crippen LogP) is 16.6. The minimum atomic E-state index is -1.09. The third-order valence-electron chi connectivity index (χ3n) is 13.5. The van der Waals surface area contributed by atoms with E-state index in [9.17, 15) is 0 Å². The third kappa shape index (κ3) is 6.30. The first-order valence-electron chi connectivity index (χ1n) is 22.0. The lowest BCUT2D eigenvalue weighted by Crippen LogP contribution is -2.17. The predicted molar refractivity (Wildman–Crippen MR) is 270 cm³/mol. The largest absolute Gasteiger partial charge is 0.472 e. The molecule has 12 rings (SSSR count). The van der Waals surface area contributed by atoms with Gasteiger partial charge in [0.1, 0.15) is 19.6 Å². The van der Waals surface area contributed by atoms with Crippen molar-refractivity contribution in [3.8, 4) is 44.9 Å². The molecule has 1 unspecified atom stereocenters. The van der Waals surface area contributed by atoms with Crippen molar-refractivity contribution >= 4 is 64.7 Å². The van der Waals surface area contributed by atoms with Gasteiger partial charge in [0.2, 0.25) is 0 Å². The molecule has 0 bridgehead atoms. The van der Waals surface area contributed by atoms with Gasteiger partial charge in [-0.1, -0.05) is 164 Å². The standard InChI is InChI=1S/C59H46O2P2/c1-36-21-23-38(3)58(60-62-33-44-28-25-40-13-5-9-17-47(40)54(44)55-45(34-62)29-26-41-14-6-10-18-48(41)55)52(36)53-37(2)22-24-39(4)59(53)61-63-35-46-30-27-42-15-7-11-19-49(42)56(46)57-50-20-12-8-16-43(50)31-32-51(57)63/h5-32H,33-35H2,1-4H3. The summed E-state index contributed by atoms with van der Waals surface area (Å²) in [4.78, 5) is 0. The molecule has 0 aromatic heterocycles. The number of hydrogen-bond acceptors (Lipinski definition) is 2. The van der Waals surface area contributed by atoms with Crippen LogP contribution in [0.4, 0.5) is 0 Å². The van der Waals surface area contributed by atoms with Crippen molar-refractivity contribution in [1.29, 1.82) is 0 Å². The molecule has 1 atom stereocenters. The Morgan fingerprint density at radius 3 is 1.16 bits per heavy atom. The monoisotopic (exact) mass is 848 g/mol. The first-order valence-corrected chi connectivity index (χ1v) is 25.1. The molecule has 0 saturated heterocycles. The van der Waals surface area contributed by atoms with E-state index < -0.39 is 16.3 Å². The van der Waals surface area contributed by atoms with Gasteiger partial charge >= 0.3 is 0 Å². The van der Waals surface area contributed by atoms with Gasteiger partial charge in [-0.25, -0.2) is 0 Å². The second-order valence-electron chi connectivity index (χ2n) is 17.5. The summed E-state index contributed by atoms with van der Waals surface area (Å²) in [6.07, 6.45) is 2.58. The van der Waals surface area contributed by atoms with Crippen LogP contribution in [-0.4, -0.2) is 0 Å². The van der Waals surface area contributed by atoms with Crippen LogP contribution in [0.3, 0.4) is 0 Å². The molecular formula is C59H46O2P2. The van der Waals surface area contributed by atoms with E-state index >= 15 is 0 Å². The van der Waals surface area contributed by atoms with E-state index in [1.54, 1.807) is 0 Å². The van der Waals surface area contributed by atoms with Gasteiger partial charge in [0.25, 0.3) is 0 Å². The molecular weight excluding hydrogens is 803 g/mol. The van der Waals surface area contributed by atoms with Crippen LogP contribution in [0.5, 0.6) is 11.5 Å². The van der Waals surface area contributed by atoms with E-state index in [-0.39, 0.29) is 0 Å². The molecule has 10 aromatic rings. The zero-order chi connectivity index (χ0) is 42.3. The molecule has 0 amide bonds. The minimum Gasteiger partial charge on any atom is -0.472 e. The molecule has 2 aliphatic heterocycles. The van der Waals surface area contributed by atoms with Crippen LogP contribution in [0.25, 0.3) is 76.5 Å². The number of hydrogen-bond donors (Lipinski definition) is 0. The van der Waals surface area contributed by atoms with Gasteiger partial charge in [0.05, 0.1) is 8.15 Å². The van der Waals surface area contributed by atoms with Crippen LogP contribution in [0.15, 0.2) is 170 Å². The van der Waals surface area contributed by atoms with Gasteiger partial charge in [-0.3, -0.25) is 0 Å². The number of fused-ring (bicyclic) bond motifs is 14. The molecule has 0 saturated carbocycles. The highest BCUT2D eigenvalue weighted by Gasteiger charge is 2.33. The average molecular weight is 849 g/mol. The number of rotatable bonds is 5. The fraction of sp³-hybridized carbons (Fsp3) is 0.119. The van der Waals surface area contributed by atoms with Crippen molar-refractivity contribution in [2.45, 2.75) is 46.2 Å². The molecule has 0 fully saturated rings. The van der Waals surface area contributed by atoms with E-state index in [2.05, 4.69) is 198 Å². The van der Waals surface area contributed by atoms with E-state index in [1.807, 2.05) is 0 Å². The lowest BCUT2D eigenvalue weighted by Gasteiger charge is -2.32. The summed E-state index contributed by atoms with van der Waals surface area (Å²) in [5, 5.41) is 11.6. The van der Waals surface area contributed by atoms with Crippen molar-refractivity contribution in [2.75, 3.05) is 0 Å². The fourth-order valence-electron chi connectivity index (χ4n) is 10.4. The van der Waals surface area contributed by atoms with E-state index in [1.165, 1.54) is 98.5 Å². The molecule has 304 valence electrons. The Morgan fingerprint density at radius 2 is 0.683 bits per heavy atom. The summed E-state index contributed by atoms with van der Waals surface area (Å²) in [6.45, 7) is 8.91. The van der Waals surface area contributed by atoms with Crippen molar-refractivity contribution in [3.63, 3.8) is 0 Å². The number of benzene rings is 10. The summed E-state index contributed by atoms with van der Waals surface area (Å²) in [6, 6.07) is 63.0. The molecule has 2 aliphatic rings. The summed E-state index contributed by atoms with van der Waals surface area (Å²) in [5.41, 5.74) is 16.4. The summed E-state index contributed by atoms with van der Waals surface area (Å²) in [5.74, 6) is 1.94. The van der Waals surface area contributed by atoms with Crippen molar-refractivity contribution in [3.05, 3.63) is 209 Å². The van der Waals surface area contributed by atoms with Gasteiger partial charge in [0, 0.05) is 40.5 Å². The maximum atomic E-state index is 7.65. The Bertz CT molecular complexity index is 3430. The van der Waals surface area contributed by atoms with Crippen LogP contribution in [-0.2, 0) is 18.5 Å². The Hall–Kier alpha value is -6.30. The van der Waals surface area contributed by atoms with Gasteiger partial charge in [-0.15, -0.1) is 0 Å². The normalized spacial score (nSPS) is 14.6. The van der Waals surface area contributed by atoms with Gasteiger partial charge in [-0.05, 0) is 132 Å². The highest BCUT2D eigenvalue weighted by molar-refractivity contribution is 7.61. The maximum Gasteiger partial charge on any atom is 0.134 e. The third-order valence-corrected chi connectivity index (χ3v) is 17.3. The zero-order valence-corrected chi connectivity index (χ0v) is 37.8. The van der Waals surface area contributed by atoms with Crippen LogP contribution in [0.1, 0.15) is 38.9 Å². The van der Waals surface area contributed by atoms with E-state index in [4.69, 9.17) is 9.05 Å². The molecule has 0 aliphatic carbocycles. The van der Waals surface area contributed by atoms with Crippen molar-refractivity contribution in [2.24, 2.45) is 0 Å².